The molecule has 5 heteroatoms. The average molecular weight is 659 g/mol. The second-order valence-corrected chi connectivity index (χ2v) is 13.2. The van der Waals surface area contributed by atoms with Crippen LogP contribution in [0.25, 0.3) is 81.6 Å². The third-order valence-electron chi connectivity index (χ3n) is 8.45. The van der Waals surface area contributed by atoms with Crippen LogP contribution in [0.5, 0.6) is 0 Å². The van der Waals surface area contributed by atoms with Gasteiger partial charge in [0.05, 0.1) is 22.4 Å². The zero-order valence-corrected chi connectivity index (χ0v) is 26.4. The van der Waals surface area contributed by atoms with Gasteiger partial charge in [0, 0.05) is 57.8 Å². The highest BCUT2D eigenvalue weighted by Gasteiger charge is 2.16. The van der Waals surface area contributed by atoms with Gasteiger partial charge < -0.3 is 4.57 Å². The maximum absolute atomic E-state index is 5.15. The molecule has 45 heavy (non-hydrogen) atoms. The Kier molecular flexibility index (Phi) is 6.15. The first-order chi connectivity index (χ1) is 22.2. The lowest BCUT2D eigenvalue weighted by molar-refractivity contribution is 1.16. The third-order valence-corrected chi connectivity index (χ3v) is 10.0. The van der Waals surface area contributed by atoms with Gasteiger partial charge in [-0.05, 0) is 48.5 Å². The first kappa shape index (κ1) is 26.3. The van der Waals surface area contributed by atoms with Crippen LogP contribution in [-0.2, 0) is 0 Å². The van der Waals surface area contributed by atoms with E-state index in [0.29, 0.717) is 5.82 Å². The van der Waals surface area contributed by atoms with Crippen molar-refractivity contribution >= 4 is 69.2 Å². The minimum Gasteiger partial charge on any atom is -0.309 e. The van der Waals surface area contributed by atoms with Crippen molar-refractivity contribution in [3.8, 4) is 39.6 Å². The van der Waals surface area contributed by atoms with Gasteiger partial charge in [-0.25, -0.2) is 9.97 Å². The first-order valence-electron chi connectivity index (χ1n) is 14.9. The molecule has 0 N–H and O–H groups in total. The number of rotatable bonds is 4. The van der Waals surface area contributed by atoms with Crippen LogP contribution in [0.4, 0.5) is 0 Å². The van der Waals surface area contributed by atoms with Crippen LogP contribution < -0.4 is 0 Å². The number of halogens is 1. The predicted molar refractivity (Wildman–Crippen MR) is 193 cm³/mol. The topological polar surface area (TPSA) is 30.7 Å². The first-order valence-corrected chi connectivity index (χ1v) is 16.5. The van der Waals surface area contributed by atoms with Crippen molar-refractivity contribution in [3.05, 3.63) is 150 Å². The molecule has 9 rings (SSSR count). The highest BCUT2D eigenvalue weighted by Crippen LogP contribution is 2.38. The van der Waals surface area contributed by atoms with Gasteiger partial charge in [-0.3, -0.25) is 0 Å². The van der Waals surface area contributed by atoms with Crippen molar-refractivity contribution in [2.75, 3.05) is 0 Å². The van der Waals surface area contributed by atoms with Crippen molar-refractivity contribution < 1.29 is 0 Å². The van der Waals surface area contributed by atoms with Crippen molar-refractivity contribution in [1.82, 2.24) is 14.5 Å². The van der Waals surface area contributed by atoms with Gasteiger partial charge in [-0.2, -0.15) is 0 Å². The number of thiophene rings is 1. The molecule has 3 aromatic heterocycles. The molecule has 0 bridgehead atoms. The minimum atomic E-state index is 0.706. The number of nitrogens with zero attached hydrogens (tertiary/aromatic N) is 3. The zero-order valence-electron chi connectivity index (χ0n) is 24.0. The van der Waals surface area contributed by atoms with Crippen LogP contribution in [0.1, 0.15) is 0 Å². The molecule has 0 unspecified atom stereocenters. The van der Waals surface area contributed by atoms with E-state index < -0.39 is 0 Å². The van der Waals surface area contributed by atoms with E-state index in [1.807, 2.05) is 29.5 Å². The van der Waals surface area contributed by atoms with Crippen LogP contribution in [-0.4, -0.2) is 14.5 Å². The van der Waals surface area contributed by atoms with Gasteiger partial charge in [0.25, 0.3) is 0 Å². The van der Waals surface area contributed by atoms with Gasteiger partial charge in [0.15, 0.2) is 5.82 Å². The SMILES string of the molecule is Brc1cc(-c2cc(-c3ccc4c(c3)sc3ccccc34)nc(-c3ccccc3)n2)cc(-n2c3ccccc3c3ccccc32)c1. The molecule has 0 atom stereocenters. The number of benzene rings is 6. The smallest absolute Gasteiger partial charge is 0.160 e. The van der Waals surface area contributed by atoms with Gasteiger partial charge in [-0.15, -0.1) is 11.3 Å². The molecule has 3 nitrogen and oxygen atoms in total. The van der Waals surface area contributed by atoms with Crippen LogP contribution in [0.3, 0.4) is 0 Å². The van der Waals surface area contributed by atoms with Gasteiger partial charge in [0.2, 0.25) is 0 Å². The lowest BCUT2D eigenvalue weighted by atomic mass is 10.0. The summed E-state index contributed by atoms with van der Waals surface area (Å²) in [5.41, 5.74) is 8.28. The second kappa shape index (κ2) is 10.5. The maximum Gasteiger partial charge on any atom is 0.160 e. The molecular weight excluding hydrogens is 634 g/mol. The Morgan fingerprint density at radius 1 is 0.467 bits per heavy atom. The van der Waals surface area contributed by atoms with E-state index in [4.69, 9.17) is 9.97 Å². The number of para-hydroxylation sites is 2. The van der Waals surface area contributed by atoms with Crippen molar-refractivity contribution in [1.29, 1.82) is 0 Å². The van der Waals surface area contributed by atoms with Gasteiger partial charge in [0.1, 0.15) is 0 Å². The molecule has 0 radical (unpaired) electrons. The number of aromatic nitrogens is 3. The second-order valence-electron chi connectivity index (χ2n) is 11.2. The molecule has 212 valence electrons. The van der Waals surface area contributed by atoms with Crippen LogP contribution in [0.2, 0.25) is 0 Å². The lowest BCUT2D eigenvalue weighted by Gasteiger charge is -2.13. The standard InChI is InChI=1S/C40H24BrN3S/c41-28-20-27(21-29(23-28)44-36-15-7-4-12-30(36)31-13-5-8-16-37(31)44)35-24-34(42-40(43-35)25-10-2-1-3-11-25)26-18-19-33-32-14-6-9-17-38(32)45-39(33)22-26/h1-24H. The quantitative estimate of drug-likeness (QED) is 0.188. The molecule has 0 fully saturated rings. The van der Waals surface area contributed by atoms with Gasteiger partial charge in [-0.1, -0.05) is 113 Å². The van der Waals surface area contributed by atoms with E-state index in [-0.39, 0.29) is 0 Å². The summed E-state index contributed by atoms with van der Waals surface area (Å²) in [5, 5.41) is 5.05. The summed E-state index contributed by atoms with van der Waals surface area (Å²) in [6, 6.07) is 51.4. The molecule has 9 aromatic rings. The lowest BCUT2D eigenvalue weighted by Crippen LogP contribution is -1.98. The van der Waals surface area contributed by atoms with E-state index >= 15 is 0 Å². The highest BCUT2D eigenvalue weighted by molar-refractivity contribution is 9.10. The van der Waals surface area contributed by atoms with E-state index in [2.05, 4.69) is 148 Å². The number of fused-ring (bicyclic) bond motifs is 6. The molecule has 0 saturated carbocycles. The highest BCUT2D eigenvalue weighted by atomic mass is 79.9. The van der Waals surface area contributed by atoms with E-state index in [9.17, 15) is 0 Å². The summed E-state index contributed by atoms with van der Waals surface area (Å²) in [7, 11) is 0. The molecule has 6 aromatic carbocycles. The minimum absolute atomic E-state index is 0.706. The summed E-state index contributed by atoms with van der Waals surface area (Å²) in [5.74, 6) is 0.706. The largest absolute Gasteiger partial charge is 0.309 e. The fourth-order valence-electron chi connectivity index (χ4n) is 6.40. The summed E-state index contributed by atoms with van der Waals surface area (Å²) in [6.07, 6.45) is 0. The zero-order chi connectivity index (χ0) is 29.9. The molecule has 0 aliphatic carbocycles. The van der Waals surface area contributed by atoms with Crippen LogP contribution in [0, 0.1) is 0 Å². The molecule has 0 amide bonds. The summed E-state index contributed by atoms with van der Waals surface area (Å²) < 4.78 is 5.88. The maximum atomic E-state index is 5.15. The molecule has 0 aliphatic heterocycles. The van der Waals surface area contributed by atoms with Crippen LogP contribution in [0.15, 0.2) is 150 Å². The van der Waals surface area contributed by atoms with E-state index in [1.165, 1.54) is 42.0 Å². The van der Waals surface area contributed by atoms with Crippen molar-refractivity contribution in [2.45, 2.75) is 0 Å². The predicted octanol–water partition coefficient (Wildman–Crippen LogP) is 11.7. The summed E-state index contributed by atoms with van der Waals surface area (Å²) >= 11 is 5.66. The van der Waals surface area contributed by atoms with Gasteiger partial charge >= 0.3 is 0 Å². The summed E-state index contributed by atoms with van der Waals surface area (Å²) in [6.45, 7) is 0. The monoisotopic (exact) mass is 657 g/mol. The average Bonchev–Trinajstić information content (AvgIpc) is 3.63. The fourth-order valence-corrected chi connectivity index (χ4v) is 8.02. The van der Waals surface area contributed by atoms with Crippen molar-refractivity contribution in [2.24, 2.45) is 0 Å². The molecule has 0 aliphatic rings. The molecule has 0 saturated heterocycles. The molecular formula is C40H24BrN3S. The Balaban J connectivity index is 1.25. The van der Waals surface area contributed by atoms with E-state index in [0.717, 1.165) is 38.2 Å². The number of hydrogen-bond donors (Lipinski definition) is 0. The molecule has 0 spiro atoms. The number of hydrogen-bond acceptors (Lipinski definition) is 3. The Morgan fingerprint density at radius 3 is 1.84 bits per heavy atom. The Morgan fingerprint density at radius 2 is 1.09 bits per heavy atom. The van der Waals surface area contributed by atoms with Crippen LogP contribution >= 0.6 is 27.3 Å². The Hall–Kier alpha value is -5.10. The van der Waals surface area contributed by atoms with E-state index in [1.54, 1.807) is 0 Å². The Labute approximate surface area is 272 Å². The summed E-state index contributed by atoms with van der Waals surface area (Å²) in [4.78, 5) is 10.3. The Bertz CT molecular complexity index is 2510. The molecule has 3 heterocycles. The third kappa shape index (κ3) is 4.47. The normalized spacial score (nSPS) is 11.7. The van der Waals surface area contributed by atoms with Crippen molar-refractivity contribution in [3.63, 3.8) is 0 Å². The fraction of sp³-hybridized carbons (Fsp3) is 0.